The summed E-state index contributed by atoms with van der Waals surface area (Å²) < 4.78 is 13.9. The number of allylic oxidation sites excluding steroid dienone is 2. The van der Waals surface area contributed by atoms with E-state index < -0.39 is 71.6 Å². The first-order chi connectivity index (χ1) is 24.9. The molecule has 6 atom stereocenters. The third kappa shape index (κ3) is 4.92. The number of halogens is 2. The van der Waals surface area contributed by atoms with Crippen LogP contribution in [-0.2, 0) is 24.6 Å². The number of amides is 4. The van der Waals surface area contributed by atoms with Crippen molar-refractivity contribution < 1.29 is 38.7 Å². The predicted octanol–water partition coefficient (Wildman–Crippen LogP) is 4.36. The molecule has 2 aliphatic carbocycles. The minimum Gasteiger partial charge on any atom is -0.507 e. The van der Waals surface area contributed by atoms with Gasteiger partial charge in [0, 0.05) is 16.5 Å². The Labute approximate surface area is 303 Å². The first-order valence-electron chi connectivity index (χ1n) is 16.9. The molecule has 0 radical (unpaired) electrons. The Kier molecular flexibility index (Phi) is 8.09. The molecule has 52 heavy (non-hydrogen) atoms. The molecule has 3 fully saturated rings. The monoisotopic (exact) mass is 719 g/mol. The van der Waals surface area contributed by atoms with Crippen molar-refractivity contribution in [2.45, 2.75) is 31.1 Å². The number of carbonyl (C=O) groups is 4. The van der Waals surface area contributed by atoms with Crippen LogP contribution in [0.25, 0.3) is 0 Å². The zero-order chi connectivity index (χ0) is 36.6. The van der Waals surface area contributed by atoms with Crippen molar-refractivity contribution in [3.05, 3.63) is 130 Å². The number of phenols is 1. The lowest BCUT2D eigenvalue weighted by Gasteiger charge is -2.50. The van der Waals surface area contributed by atoms with Crippen LogP contribution in [0.2, 0.25) is 5.02 Å². The number of aryl methyl sites for hydroxylation is 1. The lowest BCUT2D eigenvalue weighted by molar-refractivity contribution is -0.138. The molecule has 4 N–H and O–H groups in total. The van der Waals surface area contributed by atoms with E-state index in [1.54, 1.807) is 55.5 Å². The summed E-state index contributed by atoms with van der Waals surface area (Å²) in [6.45, 7) is 1.73. The van der Waals surface area contributed by atoms with E-state index in [0.717, 1.165) is 9.91 Å². The normalized spacial score (nSPS) is 26.6. The van der Waals surface area contributed by atoms with E-state index in [1.165, 1.54) is 42.5 Å². The van der Waals surface area contributed by atoms with Crippen LogP contribution in [0.3, 0.4) is 0 Å². The van der Waals surface area contributed by atoms with E-state index >= 15 is 4.79 Å². The fourth-order valence-corrected chi connectivity index (χ4v) is 9.12. The first-order valence-corrected chi connectivity index (χ1v) is 17.3. The minimum absolute atomic E-state index is 0.0210. The van der Waals surface area contributed by atoms with Crippen LogP contribution < -0.4 is 15.8 Å². The lowest BCUT2D eigenvalue weighted by Crippen LogP contribution is -2.53. The smallest absolute Gasteiger partial charge is 0.488 e. The number of carbonyl (C=O) groups excluding carboxylic acids is 4. The van der Waals surface area contributed by atoms with Crippen molar-refractivity contribution in [1.82, 2.24) is 5.01 Å². The summed E-state index contributed by atoms with van der Waals surface area (Å²) in [5.74, 6) is -7.11. The number of hydrazine groups is 1. The van der Waals surface area contributed by atoms with Gasteiger partial charge in [0.25, 0.3) is 11.8 Å². The van der Waals surface area contributed by atoms with E-state index in [0.29, 0.717) is 33.0 Å². The first kappa shape index (κ1) is 33.8. The second-order valence-corrected chi connectivity index (χ2v) is 14.3. The van der Waals surface area contributed by atoms with Crippen molar-refractivity contribution in [2.24, 2.45) is 23.7 Å². The van der Waals surface area contributed by atoms with E-state index in [4.69, 9.17) is 11.6 Å². The maximum Gasteiger partial charge on any atom is 0.488 e. The average Bonchev–Trinajstić information content (AvgIpc) is 3.51. The maximum atomic E-state index is 15.2. The largest absolute Gasteiger partial charge is 0.507 e. The Morgan fingerprint density at radius 1 is 0.885 bits per heavy atom. The summed E-state index contributed by atoms with van der Waals surface area (Å²) in [6, 6.07) is 23.0. The molecule has 2 heterocycles. The third-order valence-corrected chi connectivity index (χ3v) is 11.5. The number of para-hydroxylation sites is 1. The van der Waals surface area contributed by atoms with Gasteiger partial charge in [-0.25, -0.2) is 4.39 Å². The number of phenolic OH excluding ortho intramolecular Hbond substituents is 1. The average molecular weight is 720 g/mol. The second-order valence-electron chi connectivity index (χ2n) is 13.9. The van der Waals surface area contributed by atoms with Gasteiger partial charge in [-0.3, -0.25) is 29.5 Å². The zero-order valence-electron chi connectivity index (χ0n) is 27.7. The number of nitrogens with one attached hydrogen (secondary N) is 1. The molecule has 1 saturated carbocycles. The number of imide groups is 2. The van der Waals surface area contributed by atoms with Crippen LogP contribution in [-0.4, -0.2) is 50.9 Å². The van der Waals surface area contributed by atoms with Gasteiger partial charge in [0.15, 0.2) is 0 Å². The topological polar surface area (TPSA) is 147 Å². The van der Waals surface area contributed by atoms with Gasteiger partial charge >= 0.3 is 7.12 Å². The highest BCUT2D eigenvalue weighted by Gasteiger charge is 2.70. The molecular formula is C39H32BClFN3O7. The van der Waals surface area contributed by atoms with Gasteiger partial charge in [0.05, 0.1) is 34.5 Å². The molecule has 0 aromatic heterocycles. The molecular weight excluding hydrogens is 688 g/mol. The summed E-state index contributed by atoms with van der Waals surface area (Å²) in [5.41, 5.74) is 3.92. The number of anilines is 2. The molecule has 0 spiro atoms. The Morgan fingerprint density at radius 2 is 1.60 bits per heavy atom. The molecule has 4 aromatic carbocycles. The van der Waals surface area contributed by atoms with Crippen LogP contribution in [0.15, 0.2) is 103 Å². The summed E-state index contributed by atoms with van der Waals surface area (Å²) in [7, 11) is -1.82. The number of hydrogen-bond acceptors (Lipinski definition) is 8. The third-order valence-electron chi connectivity index (χ3n) is 11.3. The van der Waals surface area contributed by atoms with Gasteiger partial charge in [-0.15, -0.1) is 0 Å². The number of benzene rings is 4. The molecule has 2 aliphatic heterocycles. The molecule has 262 valence electrons. The van der Waals surface area contributed by atoms with Crippen molar-refractivity contribution in [2.75, 3.05) is 10.3 Å². The fraction of sp³-hybridized carbons (Fsp3) is 0.231. The van der Waals surface area contributed by atoms with Crippen molar-refractivity contribution in [1.29, 1.82) is 0 Å². The Bertz CT molecular complexity index is 2200. The Hall–Kier alpha value is -5.30. The summed E-state index contributed by atoms with van der Waals surface area (Å²) in [4.78, 5) is 59.5. The van der Waals surface area contributed by atoms with Crippen molar-refractivity contribution in [3.8, 4) is 5.75 Å². The number of aromatic hydroxyl groups is 1. The highest BCUT2D eigenvalue weighted by atomic mass is 35.5. The molecule has 2 saturated heterocycles. The molecule has 4 amide bonds. The standard InChI is InChI=1S/C39H32BClFN3O7/c1-20-4-2-7-29(34(20)46)33-27-16-17-28-32(37(49)44(35(28)47)26-6-3-5-22(18-26)40(51)52)30(27)19-31-36(48)45(43-25-14-12-24(42)13-15-25)38(50)39(31,33)21-8-10-23(41)11-9-21/h2-16,18,28,30-33,43,46,51-52H,17,19H2,1H3. The van der Waals surface area contributed by atoms with E-state index in [2.05, 4.69) is 5.43 Å². The number of hydrogen-bond donors (Lipinski definition) is 4. The van der Waals surface area contributed by atoms with Crippen LogP contribution in [0, 0.1) is 36.4 Å². The van der Waals surface area contributed by atoms with E-state index in [-0.39, 0.29) is 29.7 Å². The fourth-order valence-electron chi connectivity index (χ4n) is 8.99. The van der Waals surface area contributed by atoms with Gasteiger partial charge in [-0.1, -0.05) is 65.7 Å². The maximum absolute atomic E-state index is 15.2. The van der Waals surface area contributed by atoms with Gasteiger partial charge in [0.1, 0.15) is 11.6 Å². The molecule has 10 nitrogen and oxygen atoms in total. The lowest BCUT2D eigenvalue weighted by atomic mass is 9.49. The molecule has 6 unspecified atom stereocenters. The Balaban J connectivity index is 1.32. The quantitative estimate of drug-likeness (QED) is 0.131. The van der Waals surface area contributed by atoms with Gasteiger partial charge in [-0.05, 0) is 90.8 Å². The molecule has 13 heteroatoms. The predicted molar refractivity (Wildman–Crippen MR) is 191 cm³/mol. The van der Waals surface area contributed by atoms with Crippen LogP contribution in [0.5, 0.6) is 5.75 Å². The Morgan fingerprint density at radius 3 is 2.31 bits per heavy atom. The number of fused-ring (bicyclic) bond motifs is 4. The molecule has 8 rings (SSSR count). The summed E-state index contributed by atoms with van der Waals surface area (Å²) in [5, 5.41) is 32.7. The minimum atomic E-state index is -1.82. The number of rotatable bonds is 6. The van der Waals surface area contributed by atoms with E-state index in [9.17, 15) is 33.9 Å². The van der Waals surface area contributed by atoms with Crippen LogP contribution >= 0.6 is 11.6 Å². The summed E-state index contributed by atoms with van der Waals surface area (Å²) >= 11 is 6.34. The number of nitrogens with zero attached hydrogens (tertiary/aromatic N) is 2. The van der Waals surface area contributed by atoms with Crippen LogP contribution in [0.4, 0.5) is 15.8 Å². The van der Waals surface area contributed by atoms with Crippen molar-refractivity contribution in [3.63, 3.8) is 0 Å². The van der Waals surface area contributed by atoms with E-state index in [1.807, 2.05) is 6.08 Å². The highest BCUT2D eigenvalue weighted by molar-refractivity contribution is 6.58. The SMILES string of the molecule is Cc1cccc(C2C3=CCC4C(=O)N(c5cccc(B(O)O)c5)C(=O)C4C3CC3C(=O)N(Nc4ccc(F)cc4)C(=O)C32c2ccc(Cl)cc2)c1O. The van der Waals surface area contributed by atoms with Gasteiger partial charge in [-0.2, -0.15) is 5.01 Å². The highest BCUT2D eigenvalue weighted by Crippen LogP contribution is 2.65. The molecule has 4 aliphatic rings. The second kappa shape index (κ2) is 12.4. The van der Waals surface area contributed by atoms with Gasteiger partial charge < -0.3 is 15.2 Å². The molecule has 4 aromatic rings. The van der Waals surface area contributed by atoms with Crippen LogP contribution in [0.1, 0.15) is 35.4 Å². The summed E-state index contributed by atoms with van der Waals surface area (Å²) in [6.07, 6.45) is 2.06. The zero-order valence-corrected chi connectivity index (χ0v) is 28.5. The van der Waals surface area contributed by atoms with Crippen molar-refractivity contribution >= 4 is 59.2 Å². The molecule has 0 bridgehead atoms. The van der Waals surface area contributed by atoms with Gasteiger partial charge in [0.2, 0.25) is 11.8 Å².